The highest BCUT2D eigenvalue weighted by atomic mass is 16.7. The first-order valence-corrected chi connectivity index (χ1v) is 9.24. The maximum atomic E-state index is 10.2. The molecule has 0 saturated carbocycles. The Morgan fingerprint density at radius 3 is 2.13 bits per heavy atom. The highest BCUT2D eigenvalue weighted by Gasteiger charge is 2.47. The molecule has 2 heterocycles. The molecule has 0 radical (unpaired) electrons. The van der Waals surface area contributed by atoms with Crippen LogP contribution in [-0.2, 0) is 14.2 Å². The van der Waals surface area contributed by atoms with Crippen molar-refractivity contribution in [3.63, 3.8) is 0 Å². The molecule has 2 saturated heterocycles. The van der Waals surface area contributed by atoms with Crippen molar-refractivity contribution in [1.82, 2.24) is 0 Å². The molecule has 170 valence electrons. The Morgan fingerprint density at radius 1 is 0.867 bits per heavy atom. The maximum Gasteiger partial charge on any atom is 0.229 e. The van der Waals surface area contributed by atoms with E-state index in [1.165, 1.54) is 25.3 Å². The normalized spacial score (nSPS) is 39.1. The smallest absolute Gasteiger partial charge is 0.229 e. The molecule has 2 fully saturated rings. The fourth-order valence-electron chi connectivity index (χ4n) is 3.21. The average Bonchev–Trinajstić information content (AvgIpc) is 3.02. The van der Waals surface area contributed by atoms with Gasteiger partial charge in [0.05, 0.1) is 20.3 Å². The summed E-state index contributed by atoms with van der Waals surface area (Å²) in [6.45, 7) is -0.923. The monoisotopic (exact) mass is 434 g/mol. The first-order chi connectivity index (χ1) is 14.3. The lowest BCUT2D eigenvalue weighted by Gasteiger charge is -2.40. The van der Waals surface area contributed by atoms with Gasteiger partial charge in [-0.1, -0.05) is 0 Å². The van der Waals surface area contributed by atoms with Gasteiger partial charge >= 0.3 is 0 Å². The average molecular weight is 434 g/mol. The number of ether oxygens (including phenoxy) is 5. The summed E-state index contributed by atoms with van der Waals surface area (Å²) >= 11 is 0. The second-order valence-electron chi connectivity index (χ2n) is 7.01. The molecule has 2 aliphatic rings. The van der Waals surface area contributed by atoms with E-state index in [1.54, 1.807) is 0 Å². The van der Waals surface area contributed by atoms with E-state index in [-0.39, 0.29) is 17.2 Å². The highest BCUT2D eigenvalue weighted by molar-refractivity contribution is 5.44. The molecule has 9 atom stereocenters. The van der Waals surface area contributed by atoms with Gasteiger partial charge in [-0.05, 0) is 12.1 Å². The van der Waals surface area contributed by atoms with Crippen molar-refractivity contribution in [3.05, 3.63) is 18.2 Å². The Hall–Kier alpha value is -1.74. The van der Waals surface area contributed by atoms with Crippen LogP contribution in [0.15, 0.2) is 18.2 Å². The number of rotatable bonds is 7. The van der Waals surface area contributed by atoms with Crippen LogP contribution < -0.4 is 9.47 Å². The standard InChI is InChI=1S/C18H26O12/c1-26-9-4-7(2-3-8(9)20)28-18-16(25)14(23)13(22)11(30-18)6-27-17-15(24)12(21)10(5-19)29-17/h2-4,10-25H,5-6H2,1H3/t10-,11+,12-,13+,14-,15+,16+,17+,18+/m0/s1. The molecule has 30 heavy (non-hydrogen) atoms. The number of hydrogen-bond acceptors (Lipinski definition) is 12. The van der Waals surface area contributed by atoms with Crippen LogP contribution in [0.4, 0.5) is 0 Å². The van der Waals surface area contributed by atoms with Gasteiger partial charge in [0.15, 0.2) is 17.8 Å². The number of phenols is 1. The van der Waals surface area contributed by atoms with E-state index >= 15 is 0 Å². The van der Waals surface area contributed by atoms with Crippen LogP contribution in [0, 0.1) is 0 Å². The summed E-state index contributed by atoms with van der Waals surface area (Å²) in [4.78, 5) is 0. The van der Waals surface area contributed by atoms with Crippen molar-refractivity contribution >= 4 is 0 Å². The van der Waals surface area contributed by atoms with Crippen LogP contribution in [0.2, 0.25) is 0 Å². The zero-order chi connectivity index (χ0) is 22.0. The third-order valence-electron chi connectivity index (χ3n) is 5.00. The fraction of sp³-hybridized carbons (Fsp3) is 0.667. The van der Waals surface area contributed by atoms with Gasteiger partial charge in [-0.3, -0.25) is 0 Å². The van der Waals surface area contributed by atoms with Crippen molar-refractivity contribution in [2.75, 3.05) is 20.3 Å². The molecule has 0 aliphatic carbocycles. The van der Waals surface area contributed by atoms with Gasteiger partial charge in [0.2, 0.25) is 6.29 Å². The predicted octanol–water partition coefficient (Wildman–Crippen LogP) is -2.96. The third kappa shape index (κ3) is 4.61. The van der Waals surface area contributed by atoms with Gasteiger partial charge in [0, 0.05) is 6.07 Å². The number of aliphatic hydroxyl groups excluding tert-OH is 6. The van der Waals surface area contributed by atoms with Gasteiger partial charge in [-0.15, -0.1) is 0 Å². The van der Waals surface area contributed by atoms with Crippen molar-refractivity contribution in [1.29, 1.82) is 0 Å². The molecule has 0 amide bonds. The van der Waals surface area contributed by atoms with Crippen LogP contribution in [-0.4, -0.2) is 111 Å². The topological polar surface area (TPSA) is 188 Å². The first-order valence-electron chi connectivity index (χ1n) is 9.24. The molecule has 1 aromatic carbocycles. The predicted molar refractivity (Wildman–Crippen MR) is 95.7 cm³/mol. The van der Waals surface area contributed by atoms with Gasteiger partial charge in [-0.25, -0.2) is 0 Å². The zero-order valence-corrected chi connectivity index (χ0v) is 16.0. The number of hydrogen-bond donors (Lipinski definition) is 7. The van der Waals surface area contributed by atoms with Crippen LogP contribution in [0.5, 0.6) is 17.2 Å². The minimum atomic E-state index is -1.64. The van der Waals surface area contributed by atoms with E-state index in [9.17, 15) is 30.6 Å². The third-order valence-corrected chi connectivity index (χ3v) is 5.00. The van der Waals surface area contributed by atoms with Crippen molar-refractivity contribution in [2.24, 2.45) is 0 Å². The van der Waals surface area contributed by atoms with E-state index in [1.807, 2.05) is 0 Å². The summed E-state index contributed by atoms with van der Waals surface area (Å²) in [5.74, 6) is 0.137. The van der Waals surface area contributed by atoms with Gasteiger partial charge in [0.1, 0.15) is 48.5 Å². The number of methoxy groups -OCH3 is 1. The Kier molecular flexibility index (Phi) is 7.34. The summed E-state index contributed by atoms with van der Waals surface area (Å²) in [6.07, 6.45) is -12.5. The van der Waals surface area contributed by atoms with Crippen LogP contribution in [0.3, 0.4) is 0 Å². The lowest BCUT2D eigenvalue weighted by atomic mass is 9.99. The number of phenolic OH excluding ortho intramolecular Hbond substituents is 1. The number of benzene rings is 1. The van der Waals surface area contributed by atoms with E-state index in [2.05, 4.69) is 0 Å². The summed E-state index contributed by atoms with van der Waals surface area (Å²) in [5.41, 5.74) is 0. The molecule has 12 heteroatoms. The Bertz CT molecular complexity index is 702. The van der Waals surface area contributed by atoms with Gasteiger partial charge in [0.25, 0.3) is 0 Å². The molecule has 0 aromatic heterocycles. The van der Waals surface area contributed by atoms with Crippen molar-refractivity contribution in [3.8, 4) is 17.2 Å². The summed E-state index contributed by atoms with van der Waals surface area (Å²) in [5, 5.41) is 68.9. The number of aliphatic hydroxyl groups is 6. The number of aromatic hydroxyl groups is 1. The maximum absolute atomic E-state index is 10.2. The molecule has 7 N–H and O–H groups in total. The van der Waals surface area contributed by atoms with E-state index < -0.39 is 68.5 Å². The molecular weight excluding hydrogens is 408 g/mol. The molecule has 2 aliphatic heterocycles. The lowest BCUT2D eigenvalue weighted by molar-refractivity contribution is -0.290. The van der Waals surface area contributed by atoms with Crippen molar-refractivity contribution < 1.29 is 59.4 Å². The van der Waals surface area contributed by atoms with Crippen LogP contribution >= 0.6 is 0 Å². The quantitative estimate of drug-likeness (QED) is 0.231. The SMILES string of the molecule is COc1cc(O[C@@H]2O[C@H](CO[C@@H]3O[C@@H](CO)[C@H](O)[C@H]3O)[C@@H](O)[C@H](O)[C@H]2O)ccc1O. The Labute approximate surface area is 171 Å². The molecule has 0 spiro atoms. The second-order valence-corrected chi connectivity index (χ2v) is 7.01. The Morgan fingerprint density at radius 2 is 1.50 bits per heavy atom. The summed E-state index contributed by atoms with van der Waals surface area (Å²) in [7, 11) is 1.34. The van der Waals surface area contributed by atoms with E-state index in [0.29, 0.717) is 0 Å². The molecule has 3 rings (SSSR count). The minimum absolute atomic E-state index is 0.114. The molecule has 0 unspecified atom stereocenters. The van der Waals surface area contributed by atoms with Crippen LogP contribution in [0.1, 0.15) is 0 Å². The largest absolute Gasteiger partial charge is 0.504 e. The van der Waals surface area contributed by atoms with E-state index in [0.717, 1.165) is 0 Å². The van der Waals surface area contributed by atoms with Crippen molar-refractivity contribution in [2.45, 2.75) is 55.3 Å². The zero-order valence-electron chi connectivity index (χ0n) is 16.0. The molecule has 12 nitrogen and oxygen atoms in total. The lowest BCUT2D eigenvalue weighted by Crippen LogP contribution is -2.60. The summed E-state index contributed by atoms with van der Waals surface area (Å²) < 4.78 is 26.5. The minimum Gasteiger partial charge on any atom is -0.504 e. The van der Waals surface area contributed by atoms with Crippen LogP contribution in [0.25, 0.3) is 0 Å². The summed E-state index contributed by atoms with van der Waals surface area (Å²) in [6, 6.07) is 4.03. The molecular formula is C18H26O12. The van der Waals surface area contributed by atoms with E-state index in [4.69, 9.17) is 28.8 Å². The Balaban J connectivity index is 1.64. The van der Waals surface area contributed by atoms with Gasteiger partial charge < -0.3 is 59.4 Å². The molecule has 0 bridgehead atoms. The second kappa shape index (κ2) is 9.60. The van der Waals surface area contributed by atoms with Gasteiger partial charge in [-0.2, -0.15) is 0 Å². The molecule has 1 aromatic rings. The highest BCUT2D eigenvalue weighted by Crippen LogP contribution is 2.32. The fourth-order valence-corrected chi connectivity index (χ4v) is 3.21. The first kappa shape index (κ1) is 22.9.